The Morgan fingerprint density at radius 2 is 2.04 bits per heavy atom. The average molecular weight is 367 g/mol. The molecule has 0 bridgehead atoms. The van der Waals surface area contributed by atoms with Gasteiger partial charge in [-0.1, -0.05) is 6.07 Å². The van der Waals surface area contributed by atoms with E-state index in [1.165, 1.54) is 27.9 Å². The topological polar surface area (TPSA) is 99.6 Å². The van der Waals surface area contributed by atoms with Crippen LogP contribution in [0.25, 0.3) is 0 Å². The van der Waals surface area contributed by atoms with Crippen LogP contribution in [-0.4, -0.2) is 41.8 Å². The fraction of sp³-hybridized carbons (Fsp3) is 0.333. The molecular weight excluding hydrogens is 350 g/mol. The Morgan fingerprint density at radius 1 is 1.29 bits per heavy atom. The molecule has 1 fully saturated rings. The van der Waals surface area contributed by atoms with Gasteiger partial charge in [0.15, 0.2) is 11.6 Å². The van der Waals surface area contributed by atoms with Gasteiger partial charge in [0.1, 0.15) is 4.21 Å². The fourth-order valence-electron chi connectivity index (χ4n) is 2.61. The largest absolute Gasteiger partial charge is 0.504 e. The first-order chi connectivity index (χ1) is 11.5. The molecule has 0 saturated carbocycles. The number of sulfonamides is 1. The Bertz CT molecular complexity index is 813. The highest BCUT2D eigenvalue weighted by atomic mass is 32.2. The van der Waals surface area contributed by atoms with Gasteiger partial charge in [-0.25, -0.2) is 13.4 Å². The summed E-state index contributed by atoms with van der Waals surface area (Å²) in [7, 11) is -3.47. The zero-order chi connectivity index (χ0) is 17.2. The summed E-state index contributed by atoms with van der Waals surface area (Å²) in [6, 6.07) is 6.30. The number of hydrogen-bond donors (Lipinski definition) is 2. The first kappa shape index (κ1) is 16.9. The molecule has 1 aliphatic heterocycles. The molecule has 0 aliphatic carbocycles. The first-order valence-electron chi connectivity index (χ1n) is 7.47. The van der Waals surface area contributed by atoms with Crippen LogP contribution in [0.2, 0.25) is 0 Å². The third kappa shape index (κ3) is 3.42. The molecular formula is C15H17N3O4S2. The van der Waals surface area contributed by atoms with Crippen LogP contribution in [0, 0.1) is 5.92 Å². The van der Waals surface area contributed by atoms with Gasteiger partial charge in [0.05, 0.1) is 0 Å². The van der Waals surface area contributed by atoms with Crippen LogP contribution < -0.4 is 5.32 Å². The number of amides is 1. The van der Waals surface area contributed by atoms with Gasteiger partial charge in [-0.05, 0) is 36.4 Å². The quantitative estimate of drug-likeness (QED) is 0.860. The number of aromatic hydroxyl groups is 1. The molecule has 3 rings (SSSR count). The van der Waals surface area contributed by atoms with Crippen LogP contribution in [0.1, 0.15) is 12.8 Å². The molecule has 0 aromatic carbocycles. The zero-order valence-electron chi connectivity index (χ0n) is 12.8. The second-order valence-electron chi connectivity index (χ2n) is 5.47. The number of pyridine rings is 1. The maximum atomic E-state index is 12.5. The van der Waals surface area contributed by atoms with Crippen LogP contribution >= 0.6 is 11.3 Å². The minimum atomic E-state index is -3.47. The second kappa shape index (κ2) is 6.88. The summed E-state index contributed by atoms with van der Waals surface area (Å²) in [4.78, 5) is 16.2. The van der Waals surface area contributed by atoms with Crippen molar-refractivity contribution in [2.45, 2.75) is 17.1 Å². The van der Waals surface area contributed by atoms with E-state index >= 15 is 0 Å². The summed E-state index contributed by atoms with van der Waals surface area (Å²) in [5.74, 6) is -0.530. The Labute approximate surface area is 144 Å². The molecule has 128 valence electrons. The summed E-state index contributed by atoms with van der Waals surface area (Å²) in [6.45, 7) is 0.596. The van der Waals surface area contributed by atoms with E-state index in [9.17, 15) is 18.3 Å². The van der Waals surface area contributed by atoms with E-state index in [-0.39, 0.29) is 23.4 Å². The molecule has 0 spiro atoms. The van der Waals surface area contributed by atoms with Crippen LogP contribution in [0.3, 0.4) is 0 Å². The molecule has 0 radical (unpaired) electrons. The molecule has 1 aliphatic rings. The third-order valence-electron chi connectivity index (χ3n) is 3.94. The molecule has 2 aromatic rings. The van der Waals surface area contributed by atoms with Crippen molar-refractivity contribution in [3.05, 3.63) is 35.8 Å². The number of nitrogens with zero attached hydrogens (tertiary/aromatic N) is 2. The monoisotopic (exact) mass is 367 g/mol. The predicted molar refractivity (Wildman–Crippen MR) is 90.3 cm³/mol. The van der Waals surface area contributed by atoms with Crippen molar-refractivity contribution in [2.24, 2.45) is 5.92 Å². The van der Waals surface area contributed by atoms with Crippen LogP contribution in [0.4, 0.5) is 5.82 Å². The molecule has 7 nitrogen and oxygen atoms in total. The van der Waals surface area contributed by atoms with Gasteiger partial charge in [0.25, 0.3) is 10.0 Å². The maximum Gasteiger partial charge on any atom is 0.252 e. The minimum absolute atomic E-state index is 0.0939. The van der Waals surface area contributed by atoms with E-state index in [0.29, 0.717) is 30.1 Å². The molecule has 2 aromatic heterocycles. The summed E-state index contributed by atoms with van der Waals surface area (Å²) >= 11 is 1.19. The van der Waals surface area contributed by atoms with E-state index in [1.54, 1.807) is 23.6 Å². The van der Waals surface area contributed by atoms with Gasteiger partial charge in [0, 0.05) is 25.2 Å². The van der Waals surface area contributed by atoms with Crippen molar-refractivity contribution >= 4 is 33.1 Å². The number of nitrogens with one attached hydrogen (secondary N) is 1. The number of piperidine rings is 1. The Kier molecular flexibility index (Phi) is 4.83. The van der Waals surface area contributed by atoms with Gasteiger partial charge in [-0.15, -0.1) is 11.3 Å². The lowest BCUT2D eigenvalue weighted by Crippen LogP contribution is -2.41. The highest BCUT2D eigenvalue weighted by Gasteiger charge is 2.32. The van der Waals surface area contributed by atoms with E-state index in [4.69, 9.17) is 0 Å². The van der Waals surface area contributed by atoms with Gasteiger partial charge in [-0.2, -0.15) is 4.31 Å². The van der Waals surface area contributed by atoms with E-state index in [0.717, 1.165) is 0 Å². The lowest BCUT2D eigenvalue weighted by atomic mass is 9.97. The number of aromatic nitrogens is 1. The lowest BCUT2D eigenvalue weighted by molar-refractivity contribution is -0.120. The van der Waals surface area contributed by atoms with Crippen molar-refractivity contribution in [1.82, 2.24) is 9.29 Å². The van der Waals surface area contributed by atoms with Crippen molar-refractivity contribution in [2.75, 3.05) is 18.4 Å². The number of thiophene rings is 1. The summed E-state index contributed by atoms with van der Waals surface area (Å²) in [5.41, 5.74) is 0. The van der Waals surface area contributed by atoms with Crippen LogP contribution in [-0.2, 0) is 14.8 Å². The van der Waals surface area contributed by atoms with Gasteiger partial charge in [-0.3, -0.25) is 4.79 Å². The SMILES string of the molecule is O=C(Nc1ncccc1O)C1CCN(S(=O)(=O)c2cccs2)CC1. The van der Waals surface area contributed by atoms with E-state index in [1.807, 2.05) is 0 Å². The highest BCUT2D eigenvalue weighted by molar-refractivity contribution is 7.91. The average Bonchev–Trinajstić information content (AvgIpc) is 3.12. The Morgan fingerprint density at radius 3 is 2.67 bits per heavy atom. The fourth-order valence-corrected chi connectivity index (χ4v) is 5.22. The van der Waals surface area contributed by atoms with E-state index < -0.39 is 10.0 Å². The number of hydrogen-bond acceptors (Lipinski definition) is 6. The van der Waals surface area contributed by atoms with Crippen LogP contribution in [0.5, 0.6) is 5.75 Å². The number of anilines is 1. The molecule has 1 saturated heterocycles. The number of carbonyl (C=O) groups excluding carboxylic acids is 1. The summed E-state index contributed by atoms with van der Waals surface area (Å²) < 4.78 is 26.6. The van der Waals surface area contributed by atoms with E-state index in [2.05, 4.69) is 10.3 Å². The van der Waals surface area contributed by atoms with Crippen molar-refractivity contribution in [1.29, 1.82) is 0 Å². The third-order valence-corrected chi connectivity index (χ3v) is 7.21. The zero-order valence-corrected chi connectivity index (χ0v) is 14.4. The maximum absolute atomic E-state index is 12.5. The van der Waals surface area contributed by atoms with Crippen molar-refractivity contribution in [3.63, 3.8) is 0 Å². The molecule has 24 heavy (non-hydrogen) atoms. The van der Waals surface area contributed by atoms with Crippen LogP contribution in [0.15, 0.2) is 40.1 Å². The smallest absolute Gasteiger partial charge is 0.252 e. The van der Waals surface area contributed by atoms with Gasteiger partial charge < -0.3 is 10.4 Å². The molecule has 3 heterocycles. The molecule has 9 heteroatoms. The molecule has 2 N–H and O–H groups in total. The molecule has 0 unspecified atom stereocenters. The first-order valence-corrected chi connectivity index (χ1v) is 9.79. The summed E-state index contributed by atoms with van der Waals surface area (Å²) in [5, 5.41) is 14.0. The van der Waals surface area contributed by atoms with Crippen molar-refractivity contribution in [3.8, 4) is 5.75 Å². The summed E-state index contributed by atoms with van der Waals surface area (Å²) in [6.07, 6.45) is 2.35. The molecule has 0 atom stereocenters. The van der Waals surface area contributed by atoms with Gasteiger partial charge >= 0.3 is 0 Å². The predicted octanol–water partition coefficient (Wildman–Crippen LogP) is 1.89. The second-order valence-corrected chi connectivity index (χ2v) is 8.58. The Hall–Kier alpha value is -1.97. The minimum Gasteiger partial charge on any atom is -0.504 e. The van der Waals surface area contributed by atoms with Gasteiger partial charge in [0.2, 0.25) is 5.91 Å². The number of carbonyl (C=O) groups is 1. The molecule has 1 amide bonds. The number of rotatable bonds is 4. The van der Waals surface area contributed by atoms with Crippen molar-refractivity contribution < 1.29 is 18.3 Å². The normalized spacial score (nSPS) is 16.8. The highest BCUT2D eigenvalue weighted by Crippen LogP contribution is 2.27. The lowest BCUT2D eigenvalue weighted by Gasteiger charge is -2.30. The Balaban J connectivity index is 1.61. The standard InChI is InChI=1S/C15H17N3O4S2/c19-12-3-1-7-16-14(12)17-15(20)11-5-8-18(9-6-11)24(21,22)13-4-2-10-23-13/h1-4,7,10-11,19H,5-6,8-9H2,(H,16,17,20).